The molecule has 0 aliphatic carbocycles. The fourth-order valence-corrected chi connectivity index (χ4v) is 2.74. The third-order valence-corrected chi connectivity index (χ3v) is 4.84. The zero-order valence-corrected chi connectivity index (χ0v) is 16.1. The first kappa shape index (κ1) is 19.7. The van der Waals surface area contributed by atoms with Crippen LogP contribution < -0.4 is 5.32 Å². The summed E-state index contributed by atoms with van der Waals surface area (Å²) < 4.78 is 5.38. The van der Waals surface area contributed by atoms with Gasteiger partial charge in [0.05, 0.1) is 5.56 Å². The minimum Gasteiger partial charge on any atom is -0.449 e. The van der Waals surface area contributed by atoms with Gasteiger partial charge in [-0.3, -0.25) is 4.79 Å². The van der Waals surface area contributed by atoms with Crippen LogP contribution in [0.2, 0.25) is 0 Å². The fourth-order valence-electron chi connectivity index (χ4n) is 2.74. The Kier molecular flexibility index (Phi) is 6.56. The summed E-state index contributed by atoms with van der Waals surface area (Å²) in [6.07, 6.45) is 0.0942. The first-order chi connectivity index (χ1) is 12.3. The normalized spacial score (nSPS) is 13.0. The Labute approximate surface area is 155 Å². The topological polar surface area (TPSA) is 55.4 Å². The van der Waals surface area contributed by atoms with Crippen molar-refractivity contribution >= 4 is 17.6 Å². The Hall–Kier alpha value is -2.62. The lowest BCUT2D eigenvalue weighted by Crippen LogP contribution is -2.30. The summed E-state index contributed by atoms with van der Waals surface area (Å²) >= 11 is 0. The maximum atomic E-state index is 12.5. The highest BCUT2D eigenvalue weighted by Gasteiger charge is 2.21. The Morgan fingerprint density at radius 3 is 2.42 bits per heavy atom. The Morgan fingerprint density at radius 1 is 1.04 bits per heavy atom. The number of nitrogens with one attached hydrogen (secondary N) is 1. The van der Waals surface area contributed by atoms with E-state index in [0.29, 0.717) is 11.5 Å². The monoisotopic (exact) mass is 353 g/mol. The van der Waals surface area contributed by atoms with Crippen molar-refractivity contribution in [1.82, 2.24) is 0 Å². The lowest BCUT2D eigenvalue weighted by atomic mass is 9.97. The molecule has 4 nitrogen and oxygen atoms in total. The molecule has 0 radical (unpaired) electrons. The van der Waals surface area contributed by atoms with Crippen molar-refractivity contribution in [2.75, 3.05) is 5.32 Å². The fraction of sp³-hybridized carbons (Fsp3) is 0.364. The van der Waals surface area contributed by atoms with Crippen molar-refractivity contribution in [3.63, 3.8) is 0 Å². The van der Waals surface area contributed by atoms with Crippen molar-refractivity contribution in [3.8, 4) is 0 Å². The molecule has 0 aliphatic heterocycles. The number of carbonyl (C=O) groups excluding carboxylic acids is 2. The molecule has 0 saturated carbocycles. The second-order valence-corrected chi connectivity index (χ2v) is 6.68. The molecule has 0 fully saturated rings. The molecule has 0 unspecified atom stereocenters. The van der Waals surface area contributed by atoms with Crippen LogP contribution in [-0.4, -0.2) is 18.0 Å². The number of hydrogen-bond donors (Lipinski definition) is 1. The predicted molar refractivity (Wildman–Crippen MR) is 105 cm³/mol. The minimum absolute atomic E-state index is 0.333. The Bertz CT molecular complexity index is 798. The van der Waals surface area contributed by atoms with Gasteiger partial charge in [0.1, 0.15) is 0 Å². The van der Waals surface area contributed by atoms with E-state index < -0.39 is 12.1 Å². The van der Waals surface area contributed by atoms with Crippen LogP contribution in [0.3, 0.4) is 0 Å². The van der Waals surface area contributed by atoms with Crippen molar-refractivity contribution in [3.05, 3.63) is 64.7 Å². The van der Waals surface area contributed by atoms with Crippen LogP contribution in [0.5, 0.6) is 0 Å². The molecule has 0 spiro atoms. The summed E-state index contributed by atoms with van der Waals surface area (Å²) in [5.74, 6) is -0.484. The van der Waals surface area contributed by atoms with Crippen LogP contribution in [0.25, 0.3) is 0 Å². The van der Waals surface area contributed by atoms with Gasteiger partial charge in [-0.25, -0.2) is 4.79 Å². The molecule has 0 aliphatic rings. The molecule has 4 heteroatoms. The number of hydrogen-bond acceptors (Lipinski definition) is 3. The number of benzene rings is 2. The quantitative estimate of drug-likeness (QED) is 0.744. The number of ether oxygens (including phenoxy) is 1. The standard InChI is InChI=1S/C22H27NO3/c1-6-14(2)18-11-7-8-13-20(18)23-21(24)17(5)26-22(25)19-12-9-10-15(3)16(19)4/h7-14,17H,6H2,1-5H3,(H,23,24)/t14-,17+/m1/s1. The summed E-state index contributed by atoms with van der Waals surface area (Å²) in [7, 11) is 0. The van der Waals surface area contributed by atoms with E-state index >= 15 is 0 Å². The van der Waals surface area contributed by atoms with E-state index in [4.69, 9.17) is 4.74 Å². The molecule has 2 aromatic rings. The van der Waals surface area contributed by atoms with Crippen molar-refractivity contribution in [2.45, 2.75) is 53.1 Å². The molecule has 0 bridgehead atoms. The predicted octanol–water partition coefficient (Wildman–Crippen LogP) is 5.00. The number of carbonyl (C=O) groups is 2. The van der Waals surface area contributed by atoms with Crippen LogP contribution in [0.15, 0.2) is 42.5 Å². The van der Waals surface area contributed by atoms with Gasteiger partial charge in [0, 0.05) is 5.69 Å². The first-order valence-electron chi connectivity index (χ1n) is 9.02. The van der Waals surface area contributed by atoms with Crippen LogP contribution in [0.4, 0.5) is 5.69 Å². The lowest BCUT2D eigenvalue weighted by Gasteiger charge is -2.18. The largest absolute Gasteiger partial charge is 0.449 e. The lowest BCUT2D eigenvalue weighted by molar-refractivity contribution is -0.123. The maximum Gasteiger partial charge on any atom is 0.339 e. The van der Waals surface area contributed by atoms with Gasteiger partial charge < -0.3 is 10.1 Å². The Morgan fingerprint density at radius 2 is 1.73 bits per heavy atom. The minimum atomic E-state index is -0.882. The average molecular weight is 353 g/mol. The molecule has 0 saturated heterocycles. The number of para-hydroxylation sites is 1. The van der Waals surface area contributed by atoms with E-state index in [-0.39, 0.29) is 5.91 Å². The van der Waals surface area contributed by atoms with Gasteiger partial charge in [-0.05, 0) is 61.9 Å². The zero-order chi connectivity index (χ0) is 19.3. The summed E-state index contributed by atoms with van der Waals surface area (Å²) in [6, 6.07) is 13.2. The number of rotatable bonds is 6. The van der Waals surface area contributed by atoms with Gasteiger partial charge in [0.2, 0.25) is 0 Å². The van der Waals surface area contributed by atoms with Gasteiger partial charge >= 0.3 is 5.97 Å². The van der Waals surface area contributed by atoms with Crippen molar-refractivity contribution < 1.29 is 14.3 Å². The van der Waals surface area contributed by atoms with E-state index in [1.165, 1.54) is 0 Å². The van der Waals surface area contributed by atoms with Crippen molar-refractivity contribution in [1.29, 1.82) is 0 Å². The van der Waals surface area contributed by atoms with Gasteiger partial charge in [-0.1, -0.05) is 44.2 Å². The molecule has 1 N–H and O–H groups in total. The van der Waals surface area contributed by atoms with Gasteiger partial charge in [0.25, 0.3) is 5.91 Å². The summed E-state index contributed by atoms with van der Waals surface area (Å²) in [5, 5.41) is 2.89. The van der Waals surface area contributed by atoms with E-state index in [1.807, 2.05) is 50.2 Å². The van der Waals surface area contributed by atoms with E-state index in [1.54, 1.807) is 13.0 Å². The maximum absolute atomic E-state index is 12.5. The second-order valence-electron chi connectivity index (χ2n) is 6.68. The molecule has 2 aromatic carbocycles. The van der Waals surface area contributed by atoms with Crippen LogP contribution >= 0.6 is 0 Å². The number of amides is 1. The van der Waals surface area contributed by atoms with E-state index in [0.717, 1.165) is 28.8 Å². The third-order valence-electron chi connectivity index (χ3n) is 4.84. The van der Waals surface area contributed by atoms with Crippen LogP contribution in [0.1, 0.15) is 60.2 Å². The average Bonchev–Trinajstić information content (AvgIpc) is 2.63. The van der Waals surface area contributed by atoms with Crippen LogP contribution in [-0.2, 0) is 9.53 Å². The summed E-state index contributed by atoms with van der Waals surface area (Å²) in [6.45, 7) is 9.63. The van der Waals surface area contributed by atoms with Crippen molar-refractivity contribution in [2.24, 2.45) is 0 Å². The third kappa shape index (κ3) is 4.51. The molecule has 26 heavy (non-hydrogen) atoms. The highest BCUT2D eigenvalue weighted by molar-refractivity contribution is 5.98. The SMILES string of the molecule is CC[C@@H](C)c1ccccc1NC(=O)[C@H](C)OC(=O)c1cccc(C)c1C. The van der Waals surface area contributed by atoms with Gasteiger partial charge in [-0.15, -0.1) is 0 Å². The highest BCUT2D eigenvalue weighted by atomic mass is 16.5. The molecule has 0 aromatic heterocycles. The molecular formula is C22H27NO3. The second kappa shape index (κ2) is 8.65. The highest BCUT2D eigenvalue weighted by Crippen LogP contribution is 2.26. The van der Waals surface area contributed by atoms with E-state index in [9.17, 15) is 9.59 Å². The summed E-state index contributed by atoms with van der Waals surface area (Å²) in [4.78, 5) is 24.9. The van der Waals surface area contributed by atoms with E-state index in [2.05, 4.69) is 19.2 Å². The number of aryl methyl sites for hydroxylation is 1. The molecule has 2 atom stereocenters. The Balaban J connectivity index is 2.09. The van der Waals surface area contributed by atoms with Gasteiger partial charge in [0.15, 0.2) is 6.10 Å². The molecule has 0 heterocycles. The van der Waals surface area contributed by atoms with Gasteiger partial charge in [-0.2, -0.15) is 0 Å². The molecule has 2 rings (SSSR count). The number of anilines is 1. The molecule has 1 amide bonds. The van der Waals surface area contributed by atoms with Crippen LogP contribution in [0, 0.1) is 13.8 Å². The number of esters is 1. The first-order valence-corrected chi connectivity index (χ1v) is 9.02. The zero-order valence-electron chi connectivity index (χ0n) is 16.1. The molecule has 138 valence electrons. The summed E-state index contributed by atoms with van der Waals surface area (Å²) in [5.41, 5.74) is 4.22. The molecular weight excluding hydrogens is 326 g/mol. The smallest absolute Gasteiger partial charge is 0.339 e.